The third-order valence-corrected chi connectivity index (χ3v) is 2.50. The van der Waals surface area contributed by atoms with E-state index in [1.807, 2.05) is 29.5 Å². The Labute approximate surface area is 80.9 Å². The van der Waals surface area contributed by atoms with Gasteiger partial charge in [0.1, 0.15) is 0 Å². The molecule has 0 bridgehead atoms. The van der Waals surface area contributed by atoms with Crippen molar-refractivity contribution >= 4 is 22.3 Å². The third kappa shape index (κ3) is 3.29. The number of carboxylic acids is 1. The van der Waals surface area contributed by atoms with Crippen LogP contribution < -0.4 is 4.90 Å². The fourth-order valence-electron chi connectivity index (χ4n) is 0.889. The first-order chi connectivity index (χ1) is 6.20. The van der Waals surface area contributed by atoms with Crippen molar-refractivity contribution in [2.75, 3.05) is 18.5 Å². The van der Waals surface area contributed by atoms with Crippen LogP contribution in [-0.2, 0) is 4.79 Å². The molecule has 1 aromatic rings. The lowest BCUT2D eigenvalue weighted by molar-refractivity contribution is -0.131. The van der Waals surface area contributed by atoms with E-state index in [-0.39, 0.29) is 0 Å². The van der Waals surface area contributed by atoms with Crippen LogP contribution in [0.25, 0.3) is 0 Å². The van der Waals surface area contributed by atoms with E-state index in [4.69, 9.17) is 5.11 Å². The molecule has 70 valence electrons. The largest absolute Gasteiger partial charge is 0.478 e. The maximum Gasteiger partial charge on any atom is 0.328 e. The van der Waals surface area contributed by atoms with Crippen LogP contribution in [0.15, 0.2) is 29.7 Å². The predicted molar refractivity (Wildman–Crippen MR) is 54.4 cm³/mol. The highest BCUT2D eigenvalue weighted by Crippen LogP contribution is 2.18. The van der Waals surface area contributed by atoms with Crippen LogP contribution in [0, 0.1) is 0 Å². The van der Waals surface area contributed by atoms with Gasteiger partial charge < -0.3 is 10.0 Å². The number of aliphatic carboxylic acids is 1. The number of carboxylic acid groups (broad SMARTS) is 1. The lowest BCUT2D eigenvalue weighted by Gasteiger charge is -2.13. The van der Waals surface area contributed by atoms with E-state index in [0.29, 0.717) is 6.54 Å². The van der Waals surface area contributed by atoms with Gasteiger partial charge in [0, 0.05) is 19.7 Å². The first-order valence-corrected chi connectivity index (χ1v) is 4.72. The number of anilines is 1. The molecule has 1 heterocycles. The zero-order valence-electron chi connectivity index (χ0n) is 7.30. The summed E-state index contributed by atoms with van der Waals surface area (Å²) in [5, 5.41) is 11.5. The molecule has 0 aliphatic rings. The van der Waals surface area contributed by atoms with Crippen LogP contribution in [0.5, 0.6) is 0 Å². The maximum atomic E-state index is 10.2. The highest BCUT2D eigenvalue weighted by atomic mass is 32.1. The summed E-state index contributed by atoms with van der Waals surface area (Å²) in [6, 6.07) is 3.97. The molecule has 0 spiro atoms. The van der Waals surface area contributed by atoms with Gasteiger partial charge in [-0.3, -0.25) is 0 Å². The van der Waals surface area contributed by atoms with Crippen molar-refractivity contribution in [3.8, 4) is 0 Å². The Balaban J connectivity index is 2.43. The Bertz CT molecular complexity index is 293. The van der Waals surface area contributed by atoms with Crippen LogP contribution in [0.3, 0.4) is 0 Å². The molecule has 0 aliphatic heterocycles. The predicted octanol–water partition coefficient (Wildman–Crippen LogP) is 1.83. The van der Waals surface area contributed by atoms with Gasteiger partial charge in [0.2, 0.25) is 0 Å². The van der Waals surface area contributed by atoms with Gasteiger partial charge in [-0.1, -0.05) is 6.08 Å². The van der Waals surface area contributed by atoms with Gasteiger partial charge in [-0.15, -0.1) is 11.3 Å². The molecule has 0 amide bonds. The Morgan fingerprint density at radius 1 is 1.77 bits per heavy atom. The molecule has 0 fully saturated rings. The summed E-state index contributed by atoms with van der Waals surface area (Å²) in [7, 11) is 1.93. The second-order valence-electron chi connectivity index (χ2n) is 2.57. The minimum Gasteiger partial charge on any atom is -0.478 e. The molecular formula is C9H11NO2S. The van der Waals surface area contributed by atoms with Gasteiger partial charge in [-0.25, -0.2) is 4.79 Å². The van der Waals surface area contributed by atoms with E-state index in [1.165, 1.54) is 0 Å². The summed E-state index contributed by atoms with van der Waals surface area (Å²) in [4.78, 5) is 12.2. The molecule has 0 radical (unpaired) electrons. The summed E-state index contributed by atoms with van der Waals surface area (Å²) in [5.74, 6) is -0.903. The zero-order chi connectivity index (χ0) is 9.68. The molecule has 3 nitrogen and oxygen atoms in total. The van der Waals surface area contributed by atoms with Gasteiger partial charge in [0.15, 0.2) is 0 Å². The standard InChI is InChI=1S/C9H11NO2S/c1-10(6-2-5-9(11)12)8-4-3-7-13-8/h2-5,7H,6H2,1H3,(H,11,12)/b5-2+. The van der Waals surface area contributed by atoms with Crippen LogP contribution in [0.4, 0.5) is 5.00 Å². The molecule has 1 rings (SSSR count). The average Bonchev–Trinajstić information content (AvgIpc) is 2.55. The molecular weight excluding hydrogens is 186 g/mol. The van der Waals surface area contributed by atoms with E-state index >= 15 is 0 Å². The van der Waals surface area contributed by atoms with E-state index in [0.717, 1.165) is 11.1 Å². The van der Waals surface area contributed by atoms with Gasteiger partial charge in [-0.2, -0.15) is 0 Å². The molecule has 1 aromatic heterocycles. The molecule has 4 heteroatoms. The molecule has 1 N–H and O–H groups in total. The third-order valence-electron chi connectivity index (χ3n) is 1.52. The van der Waals surface area contributed by atoms with Crippen LogP contribution in [-0.4, -0.2) is 24.7 Å². The molecule has 0 saturated carbocycles. The van der Waals surface area contributed by atoms with Crippen LogP contribution in [0.1, 0.15) is 0 Å². The minimum absolute atomic E-state index is 0.618. The quantitative estimate of drug-likeness (QED) is 0.748. The second kappa shape index (κ2) is 4.67. The average molecular weight is 197 g/mol. The second-order valence-corrected chi connectivity index (χ2v) is 3.50. The van der Waals surface area contributed by atoms with Gasteiger partial charge in [0.25, 0.3) is 0 Å². The van der Waals surface area contributed by atoms with Crippen molar-refractivity contribution in [3.63, 3.8) is 0 Å². The lowest BCUT2D eigenvalue weighted by Crippen LogP contribution is -2.15. The van der Waals surface area contributed by atoms with Crippen molar-refractivity contribution in [1.82, 2.24) is 0 Å². The molecule has 0 atom stereocenters. The molecule has 0 aliphatic carbocycles. The fraction of sp³-hybridized carbons (Fsp3) is 0.222. The smallest absolute Gasteiger partial charge is 0.328 e. The highest BCUT2D eigenvalue weighted by Gasteiger charge is 1.97. The number of hydrogen-bond acceptors (Lipinski definition) is 3. The first-order valence-electron chi connectivity index (χ1n) is 3.84. The normalized spacial score (nSPS) is 10.5. The Morgan fingerprint density at radius 2 is 2.54 bits per heavy atom. The van der Waals surface area contributed by atoms with Crippen molar-refractivity contribution < 1.29 is 9.90 Å². The lowest BCUT2D eigenvalue weighted by atomic mass is 10.4. The van der Waals surface area contributed by atoms with Crippen LogP contribution in [0.2, 0.25) is 0 Å². The van der Waals surface area contributed by atoms with Crippen molar-refractivity contribution in [1.29, 1.82) is 0 Å². The number of likely N-dealkylation sites (N-methyl/N-ethyl adjacent to an activating group) is 1. The van der Waals surface area contributed by atoms with E-state index < -0.39 is 5.97 Å². The summed E-state index contributed by atoms with van der Waals surface area (Å²) >= 11 is 1.63. The van der Waals surface area contributed by atoms with E-state index in [1.54, 1.807) is 17.4 Å². The van der Waals surface area contributed by atoms with Gasteiger partial charge in [-0.05, 0) is 17.5 Å². The number of rotatable bonds is 4. The Kier molecular flexibility index (Phi) is 3.52. The van der Waals surface area contributed by atoms with E-state index in [9.17, 15) is 4.79 Å². The Hall–Kier alpha value is -1.29. The minimum atomic E-state index is -0.903. The van der Waals surface area contributed by atoms with E-state index in [2.05, 4.69) is 0 Å². The summed E-state index contributed by atoms with van der Waals surface area (Å²) in [6.07, 6.45) is 2.78. The summed E-state index contributed by atoms with van der Waals surface area (Å²) in [5.41, 5.74) is 0. The molecule has 0 unspecified atom stereocenters. The van der Waals surface area contributed by atoms with Crippen molar-refractivity contribution in [2.24, 2.45) is 0 Å². The highest BCUT2D eigenvalue weighted by molar-refractivity contribution is 7.14. The number of hydrogen-bond donors (Lipinski definition) is 1. The molecule has 0 aromatic carbocycles. The molecule has 0 saturated heterocycles. The summed E-state index contributed by atoms with van der Waals surface area (Å²) < 4.78 is 0. The first kappa shape index (κ1) is 9.80. The summed E-state index contributed by atoms with van der Waals surface area (Å²) in [6.45, 7) is 0.618. The molecule has 13 heavy (non-hydrogen) atoms. The number of nitrogens with zero attached hydrogens (tertiary/aromatic N) is 1. The fourth-order valence-corrected chi connectivity index (χ4v) is 1.60. The maximum absolute atomic E-state index is 10.2. The van der Waals surface area contributed by atoms with Crippen molar-refractivity contribution in [2.45, 2.75) is 0 Å². The van der Waals surface area contributed by atoms with Gasteiger partial charge in [0.05, 0.1) is 5.00 Å². The zero-order valence-corrected chi connectivity index (χ0v) is 8.12. The monoisotopic (exact) mass is 197 g/mol. The van der Waals surface area contributed by atoms with Crippen LogP contribution >= 0.6 is 11.3 Å². The number of carbonyl (C=O) groups is 1. The topological polar surface area (TPSA) is 40.5 Å². The van der Waals surface area contributed by atoms with Crippen molar-refractivity contribution in [3.05, 3.63) is 29.7 Å². The number of thiophene rings is 1. The Morgan fingerprint density at radius 3 is 3.08 bits per heavy atom. The van der Waals surface area contributed by atoms with Gasteiger partial charge >= 0.3 is 5.97 Å². The SMILES string of the molecule is CN(C/C=C/C(=O)O)c1cccs1.